The number of nitrogens with zero attached hydrogens (tertiary/aromatic N) is 2. The van der Waals surface area contributed by atoms with Crippen LogP contribution in [-0.4, -0.2) is 18.0 Å². The number of hydrogen-bond donors (Lipinski definition) is 1. The van der Waals surface area contributed by atoms with Gasteiger partial charge < -0.3 is 5.84 Å². The van der Waals surface area contributed by atoms with E-state index < -0.39 is 0 Å². The molecule has 0 saturated heterocycles. The molecule has 3 heteroatoms. The molecule has 0 heterocycles. The molecule has 0 bridgehead atoms. The Hall–Kier alpha value is -0.860. The Morgan fingerprint density at radius 3 is 2.36 bits per heavy atom. The molecule has 3 nitrogen and oxygen atoms in total. The lowest BCUT2D eigenvalue weighted by Gasteiger charge is -2.27. The Morgan fingerprint density at radius 1 is 1.43 bits per heavy atom. The molecule has 0 rings (SSSR count). The van der Waals surface area contributed by atoms with Crippen molar-refractivity contribution < 1.29 is 1.43 Å². The van der Waals surface area contributed by atoms with Crippen molar-refractivity contribution in [3.63, 3.8) is 0 Å². The lowest BCUT2D eigenvalue weighted by Crippen LogP contribution is -2.33. The van der Waals surface area contributed by atoms with Gasteiger partial charge in [0.15, 0.2) is 0 Å². The standard InChI is InChI=1S/C11H23N3.H2/c1-6-10(4)11(5,8-14-12)13-7-9(2)3;/h7-10H,6,12H2,1-5H3;1H/b13-7?,14-8-;. The molecule has 0 amide bonds. The van der Waals surface area contributed by atoms with Crippen LogP contribution >= 0.6 is 0 Å². The van der Waals surface area contributed by atoms with Crippen LogP contribution in [-0.2, 0) is 0 Å². The van der Waals surface area contributed by atoms with Crippen LogP contribution in [0.2, 0.25) is 0 Å². The fraction of sp³-hybridized carbons (Fsp3) is 0.818. The SMILES string of the molecule is CCC(C)C(C)(/C=N\N)N=CC(C)C.[HH]. The van der Waals surface area contributed by atoms with Gasteiger partial charge in [-0.2, -0.15) is 5.10 Å². The van der Waals surface area contributed by atoms with Crippen molar-refractivity contribution in [2.24, 2.45) is 27.8 Å². The largest absolute Gasteiger partial charge is 0.324 e. The van der Waals surface area contributed by atoms with Crippen LogP contribution in [0.3, 0.4) is 0 Å². The Kier molecular flexibility index (Phi) is 5.43. The molecule has 0 aliphatic rings. The quantitative estimate of drug-likeness (QED) is 0.413. The maximum atomic E-state index is 5.21. The van der Waals surface area contributed by atoms with Gasteiger partial charge in [0.2, 0.25) is 0 Å². The normalized spacial score (nSPS) is 19.3. The second-order valence-corrected chi connectivity index (χ2v) is 4.34. The van der Waals surface area contributed by atoms with E-state index in [-0.39, 0.29) is 6.97 Å². The van der Waals surface area contributed by atoms with Crippen molar-refractivity contribution in [3.05, 3.63) is 0 Å². The third-order valence-corrected chi connectivity index (χ3v) is 2.60. The molecule has 0 aromatic carbocycles. The highest BCUT2D eigenvalue weighted by molar-refractivity contribution is 5.74. The molecule has 0 spiro atoms. The number of aliphatic imine (C=N–C) groups is 1. The predicted octanol–water partition coefficient (Wildman–Crippen LogP) is 2.71. The summed E-state index contributed by atoms with van der Waals surface area (Å²) in [5.74, 6) is 6.12. The zero-order valence-corrected chi connectivity index (χ0v) is 9.99. The minimum Gasteiger partial charge on any atom is -0.324 e. The van der Waals surface area contributed by atoms with Crippen LogP contribution in [0, 0.1) is 11.8 Å². The number of nitrogens with two attached hydrogens (primary N) is 1. The summed E-state index contributed by atoms with van der Waals surface area (Å²) < 4.78 is 0. The number of hydrogen-bond acceptors (Lipinski definition) is 3. The van der Waals surface area contributed by atoms with Gasteiger partial charge in [0.1, 0.15) is 0 Å². The molecule has 0 aliphatic carbocycles. The van der Waals surface area contributed by atoms with Crippen molar-refractivity contribution in [1.29, 1.82) is 0 Å². The first kappa shape index (κ1) is 13.1. The van der Waals surface area contributed by atoms with Crippen molar-refractivity contribution in [2.75, 3.05) is 0 Å². The highest BCUT2D eigenvalue weighted by Crippen LogP contribution is 2.22. The highest BCUT2D eigenvalue weighted by atomic mass is 15.1. The van der Waals surface area contributed by atoms with Gasteiger partial charge in [-0.3, -0.25) is 4.99 Å². The molecule has 0 radical (unpaired) electrons. The van der Waals surface area contributed by atoms with Crippen molar-refractivity contribution in [3.8, 4) is 0 Å². The maximum absolute atomic E-state index is 5.21. The van der Waals surface area contributed by atoms with E-state index in [0.717, 1.165) is 6.42 Å². The van der Waals surface area contributed by atoms with Crippen molar-refractivity contribution in [1.82, 2.24) is 0 Å². The molecule has 2 atom stereocenters. The molecular weight excluding hydrogens is 174 g/mol. The molecule has 2 unspecified atom stereocenters. The molecule has 0 aliphatic heterocycles. The smallest absolute Gasteiger partial charge is 0.0968 e. The molecule has 2 N–H and O–H groups in total. The minimum absolute atomic E-state index is 0. The summed E-state index contributed by atoms with van der Waals surface area (Å²) in [6, 6.07) is 0. The van der Waals surface area contributed by atoms with Crippen molar-refractivity contribution >= 4 is 12.4 Å². The topological polar surface area (TPSA) is 50.7 Å². The second kappa shape index (κ2) is 5.78. The number of rotatable bonds is 5. The van der Waals surface area contributed by atoms with Gasteiger partial charge in [0, 0.05) is 7.64 Å². The van der Waals surface area contributed by atoms with Gasteiger partial charge in [-0.1, -0.05) is 34.1 Å². The monoisotopic (exact) mass is 199 g/mol. The van der Waals surface area contributed by atoms with Crippen molar-refractivity contribution in [2.45, 2.75) is 46.6 Å². The van der Waals surface area contributed by atoms with E-state index in [2.05, 4.69) is 44.7 Å². The van der Waals surface area contributed by atoms with Crippen LogP contribution < -0.4 is 5.84 Å². The predicted molar refractivity (Wildman–Crippen MR) is 66.0 cm³/mol. The van der Waals surface area contributed by atoms with Gasteiger partial charge in [-0.05, 0) is 18.8 Å². The Balaban J connectivity index is 0. The first-order valence-electron chi connectivity index (χ1n) is 5.26. The van der Waals surface area contributed by atoms with Gasteiger partial charge >= 0.3 is 0 Å². The van der Waals surface area contributed by atoms with Gasteiger partial charge in [0.25, 0.3) is 0 Å². The lowest BCUT2D eigenvalue weighted by molar-refractivity contribution is 0.410. The van der Waals surface area contributed by atoms with E-state index in [1.54, 1.807) is 6.21 Å². The van der Waals surface area contributed by atoms with E-state index in [4.69, 9.17) is 5.84 Å². The van der Waals surface area contributed by atoms with Gasteiger partial charge in [-0.25, -0.2) is 0 Å². The molecular formula is C11H25N3. The maximum Gasteiger partial charge on any atom is 0.0968 e. The third kappa shape index (κ3) is 3.90. The van der Waals surface area contributed by atoms with Crippen LogP contribution in [0.1, 0.15) is 42.5 Å². The summed E-state index contributed by atoms with van der Waals surface area (Å²) in [5, 5.41) is 3.62. The average Bonchev–Trinajstić information content (AvgIpc) is 2.14. The third-order valence-electron chi connectivity index (χ3n) is 2.60. The van der Waals surface area contributed by atoms with Crippen LogP contribution in [0.4, 0.5) is 0 Å². The van der Waals surface area contributed by atoms with E-state index in [0.29, 0.717) is 11.8 Å². The average molecular weight is 199 g/mol. The zero-order valence-electron chi connectivity index (χ0n) is 9.99. The summed E-state index contributed by atoms with van der Waals surface area (Å²) >= 11 is 0. The molecule has 0 aromatic heterocycles. The van der Waals surface area contributed by atoms with Crippen LogP contribution in [0.5, 0.6) is 0 Å². The molecule has 0 fully saturated rings. The van der Waals surface area contributed by atoms with Gasteiger partial charge in [-0.15, -0.1) is 0 Å². The van der Waals surface area contributed by atoms with E-state index >= 15 is 0 Å². The summed E-state index contributed by atoms with van der Waals surface area (Å²) in [6.45, 7) is 10.6. The summed E-state index contributed by atoms with van der Waals surface area (Å²) in [7, 11) is 0. The fourth-order valence-corrected chi connectivity index (χ4v) is 1.16. The van der Waals surface area contributed by atoms with E-state index in [1.165, 1.54) is 0 Å². The van der Waals surface area contributed by atoms with E-state index in [9.17, 15) is 0 Å². The molecule has 0 aromatic rings. The zero-order chi connectivity index (χ0) is 11.2. The lowest BCUT2D eigenvalue weighted by atomic mass is 9.87. The number of hydrazone groups is 1. The molecule has 0 saturated carbocycles. The van der Waals surface area contributed by atoms with Crippen LogP contribution in [0.15, 0.2) is 10.1 Å². The van der Waals surface area contributed by atoms with Crippen LogP contribution in [0.25, 0.3) is 0 Å². The van der Waals surface area contributed by atoms with E-state index in [1.807, 2.05) is 6.21 Å². The summed E-state index contributed by atoms with van der Waals surface area (Å²) in [5.41, 5.74) is -0.256. The summed E-state index contributed by atoms with van der Waals surface area (Å²) in [6.07, 6.45) is 4.77. The molecule has 84 valence electrons. The first-order chi connectivity index (χ1) is 6.46. The van der Waals surface area contributed by atoms with Gasteiger partial charge in [0.05, 0.1) is 11.8 Å². The minimum atomic E-state index is -0.256. The first-order valence-corrected chi connectivity index (χ1v) is 5.26. The molecule has 14 heavy (non-hydrogen) atoms. The Bertz CT molecular complexity index is 214. The second-order valence-electron chi connectivity index (χ2n) is 4.34. The summed E-state index contributed by atoms with van der Waals surface area (Å²) in [4.78, 5) is 4.56. The fourth-order valence-electron chi connectivity index (χ4n) is 1.16. The Labute approximate surface area is 89.0 Å². The highest BCUT2D eigenvalue weighted by Gasteiger charge is 2.26. The Morgan fingerprint density at radius 2 is 2.00 bits per heavy atom.